The third-order valence-electron chi connectivity index (χ3n) is 6.02. The number of rotatable bonds is 2. The number of carbonyl (C=O) groups is 1. The lowest BCUT2D eigenvalue weighted by Crippen LogP contribution is -2.52. The standard InChI is InChI=1S/C23H23ClN4O/c24-17-6-7-19-21(15-17)25-10-9-22(19)27-11-13-28(14-12-27)23(29)26-20-8-5-16-3-1-2-4-18(16)20/h1-4,6-7,9-10,15,20H,5,8,11-14H2,(H,26,29). The van der Waals surface area contributed by atoms with Gasteiger partial charge in [-0.25, -0.2) is 4.79 Å². The van der Waals surface area contributed by atoms with Crippen LogP contribution in [0, 0.1) is 0 Å². The van der Waals surface area contributed by atoms with Crippen molar-refractivity contribution in [2.45, 2.75) is 18.9 Å². The Labute approximate surface area is 175 Å². The highest BCUT2D eigenvalue weighted by Gasteiger charge is 2.27. The first-order valence-electron chi connectivity index (χ1n) is 10.1. The van der Waals surface area contributed by atoms with Gasteiger partial charge in [0.05, 0.1) is 11.6 Å². The molecule has 5 rings (SSSR count). The van der Waals surface area contributed by atoms with Crippen molar-refractivity contribution in [1.29, 1.82) is 0 Å². The lowest BCUT2D eigenvalue weighted by Gasteiger charge is -2.37. The van der Waals surface area contributed by atoms with Crippen molar-refractivity contribution < 1.29 is 4.79 Å². The normalized spacial score (nSPS) is 18.7. The zero-order chi connectivity index (χ0) is 19.8. The lowest BCUT2D eigenvalue weighted by molar-refractivity contribution is 0.190. The maximum atomic E-state index is 12.8. The maximum Gasteiger partial charge on any atom is 0.318 e. The number of carbonyl (C=O) groups excluding carboxylic acids is 1. The van der Waals surface area contributed by atoms with E-state index < -0.39 is 0 Å². The number of amides is 2. The van der Waals surface area contributed by atoms with Crippen LogP contribution in [0.4, 0.5) is 10.5 Å². The zero-order valence-corrected chi connectivity index (χ0v) is 16.9. The summed E-state index contributed by atoms with van der Waals surface area (Å²) in [4.78, 5) is 21.5. The minimum atomic E-state index is 0.0396. The van der Waals surface area contributed by atoms with Gasteiger partial charge in [-0.1, -0.05) is 35.9 Å². The Balaban J connectivity index is 1.25. The zero-order valence-electron chi connectivity index (χ0n) is 16.1. The van der Waals surface area contributed by atoms with Crippen LogP contribution in [-0.2, 0) is 6.42 Å². The first-order valence-corrected chi connectivity index (χ1v) is 10.5. The van der Waals surface area contributed by atoms with Gasteiger partial charge in [0.25, 0.3) is 0 Å². The fourth-order valence-corrected chi connectivity index (χ4v) is 4.65. The summed E-state index contributed by atoms with van der Waals surface area (Å²) in [6, 6.07) is 16.4. The van der Waals surface area contributed by atoms with E-state index in [1.165, 1.54) is 11.1 Å². The molecule has 1 N–H and O–H groups in total. The lowest BCUT2D eigenvalue weighted by atomic mass is 10.1. The molecule has 148 valence electrons. The average Bonchev–Trinajstić information content (AvgIpc) is 3.16. The van der Waals surface area contributed by atoms with E-state index in [2.05, 4.69) is 33.4 Å². The molecule has 2 aromatic carbocycles. The largest absolute Gasteiger partial charge is 0.367 e. The van der Waals surface area contributed by atoms with E-state index in [9.17, 15) is 4.79 Å². The second kappa shape index (κ2) is 7.56. The van der Waals surface area contributed by atoms with Crippen LogP contribution in [0.5, 0.6) is 0 Å². The molecule has 1 fully saturated rings. The van der Waals surface area contributed by atoms with E-state index in [1.54, 1.807) is 0 Å². The van der Waals surface area contributed by atoms with Crippen LogP contribution in [0.1, 0.15) is 23.6 Å². The summed E-state index contributed by atoms with van der Waals surface area (Å²) in [5, 5.41) is 5.03. The Bertz CT molecular complexity index is 1060. The fourth-order valence-electron chi connectivity index (χ4n) is 4.48. The number of pyridine rings is 1. The molecule has 1 aliphatic carbocycles. The van der Waals surface area contributed by atoms with E-state index in [1.807, 2.05) is 41.4 Å². The molecule has 1 saturated heterocycles. The Morgan fingerprint density at radius 1 is 1.07 bits per heavy atom. The second-order valence-corrected chi connectivity index (χ2v) is 8.14. The molecule has 1 aliphatic heterocycles. The number of nitrogens with one attached hydrogen (secondary N) is 1. The van der Waals surface area contributed by atoms with Crippen molar-refractivity contribution in [3.8, 4) is 0 Å². The van der Waals surface area contributed by atoms with Crippen LogP contribution < -0.4 is 10.2 Å². The van der Waals surface area contributed by atoms with Gasteiger partial charge in [0.1, 0.15) is 0 Å². The van der Waals surface area contributed by atoms with E-state index in [4.69, 9.17) is 11.6 Å². The molecule has 2 amide bonds. The quantitative estimate of drug-likeness (QED) is 0.685. The van der Waals surface area contributed by atoms with Crippen molar-refractivity contribution in [2.24, 2.45) is 0 Å². The Kier molecular flexibility index (Phi) is 4.76. The van der Waals surface area contributed by atoms with Crippen molar-refractivity contribution >= 4 is 34.2 Å². The highest BCUT2D eigenvalue weighted by molar-refractivity contribution is 6.31. The molecule has 0 radical (unpaired) electrons. The van der Waals surface area contributed by atoms with Crippen molar-refractivity contribution in [3.05, 3.63) is 70.9 Å². The molecule has 5 nitrogen and oxygen atoms in total. The monoisotopic (exact) mass is 406 g/mol. The molecule has 3 aromatic rings. The molecule has 2 aliphatic rings. The van der Waals surface area contributed by atoms with E-state index >= 15 is 0 Å². The van der Waals surface area contributed by atoms with Gasteiger partial charge in [0.15, 0.2) is 0 Å². The molecule has 1 unspecified atom stereocenters. The predicted octanol–water partition coefficient (Wildman–Crippen LogP) is 4.41. The Hall–Kier alpha value is -2.79. The molecule has 29 heavy (non-hydrogen) atoms. The summed E-state index contributed by atoms with van der Waals surface area (Å²) in [6.07, 6.45) is 3.84. The van der Waals surface area contributed by atoms with Gasteiger partial charge < -0.3 is 15.1 Å². The summed E-state index contributed by atoms with van der Waals surface area (Å²) < 4.78 is 0. The molecule has 1 atom stereocenters. The van der Waals surface area contributed by atoms with E-state index in [0.29, 0.717) is 18.1 Å². The van der Waals surface area contributed by atoms with E-state index in [0.717, 1.165) is 42.5 Å². The Morgan fingerprint density at radius 2 is 1.90 bits per heavy atom. The number of halogens is 1. The second-order valence-electron chi connectivity index (χ2n) is 7.71. The highest BCUT2D eigenvalue weighted by Crippen LogP contribution is 2.31. The number of aryl methyl sites for hydroxylation is 1. The highest BCUT2D eigenvalue weighted by atomic mass is 35.5. The maximum absolute atomic E-state index is 12.8. The smallest absolute Gasteiger partial charge is 0.318 e. The number of nitrogens with zero attached hydrogens (tertiary/aromatic N) is 3. The Morgan fingerprint density at radius 3 is 2.76 bits per heavy atom. The van der Waals surface area contributed by atoms with Crippen LogP contribution in [0.25, 0.3) is 10.9 Å². The molecular formula is C23H23ClN4O. The number of piperazine rings is 1. The number of hydrogen-bond acceptors (Lipinski definition) is 3. The molecule has 2 heterocycles. The summed E-state index contributed by atoms with van der Waals surface area (Å²) >= 11 is 6.11. The van der Waals surface area contributed by atoms with Crippen molar-refractivity contribution in [3.63, 3.8) is 0 Å². The van der Waals surface area contributed by atoms with Crippen molar-refractivity contribution in [2.75, 3.05) is 31.1 Å². The topological polar surface area (TPSA) is 48.5 Å². The van der Waals surface area contributed by atoms with E-state index in [-0.39, 0.29) is 12.1 Å². The molecule has 0 spiro atoms. The summed E-state index contributed by atoms with van der Waals surface area (Å²) in [5.74, 6) is 0. The summed E-state index contributed by atoms with van der Waals surface area (Å²) in [6.45, 7) is 3.02. The number of urea groups is 1. The molecule has 0 bridgehead atoms. The SMILES string of the molecule is O=C(NC1CCc2ccccc21)N1CCN(c2ccnc3cc(Cl)ccc23)CC1. The summed E-state index contributed by atoms with van der Waals surface area (Å²) in [7, 11) is 0. The number of fused-ring (bicyclic) bond motifs is 2. The molecular weight excluding hydrogens is 384 g/mol. The number of aromatic nitrogens is 1. The minimum Gasteiger partial charge on any atom is -0.367 e. The van der Waals surface area contributed by atoms with Crippen LogP contribution in [-0.4, -0.2) is 42.1 Å². The van der Waals surface area contributed by atoms with Gasteiger partial charge >= 0.3 is 6.03 Å². The fraction of sp³-hybridized carbons (Fsp3) is 0.304. The third kappa shape index (κ3) is 3.51. The van der Waals surface area contributed by atoms with Gasteiger partial charge in [0.2, 0.25) is 0 Å². The predicted molar refractivity (Wildman–Crippen MR) is 117 cm³/mol. The number of hydrogen-bond donors (Lipinski definition) is 1. The molecule has 1 aromatic heterocycles. The van der Waals surface area contributed by atoms with Crippen LogP contribution in [0.15, 0.2) is 54.7 Å². The van der Waals surface area contributed by atoms with Gasteiger partial charge in [-0.05, 0) is 48.2 Å². The summed E-state index contributed by atoms with van der Waals surface area (Å²) in [5.41, 5.74) is 4.67. The van der Waals surface area contributed by atoms with Gasteiger partial charge in [-0.15, -0.1) is 0 Å². The van der Waals surface area contributed by atoms with Gasteiger partial charge in [-0.3, -0.25) is 4.98 Å². The van der Waals surface area contributed by atoms with Gasteiger partial charge in [0, 0.05) is 48.5 Å². The van der Waals surface area contributed by atoms with Crippen LogP contribution in [0.3, 0.4) is 0 Å². The van der Waals surface area contributed by atoms with Crippen LogP contribution in [0.2, 0.25) is 5.02 Å². The first-order chi connectivity index (χ1) is 14.2. The minimum absolute atomic E-state index is 0.0396. The van der Waals surface area contributed by atoms with Crippen LogP contribution >= 0.6 is 11.6 Å². The average molecular weight is 407 g/mol. The number of anilines is 1. The number of benzene rings is 2. The molecule has 0 saturated carbocycles. The van der Waals surface area contributed by atoms with Crippen molar-refractivity contribution in [1.82, 2.24) is 15.2 Å². The first kappa shape index (κ1) is 18.3. The third-order valence-corrected chi connectivity index (χ3v) is 6.25. The molecule has 6 heteroatoms. The van der Waals surface area contributed by atoms with Gasteiger partial charge in [-0.2, -0.15) is 0 Å².